The largest absolute Gasteiger partial charge is 0.505 e. The van der Waals surface area contributed by atoms with E-state index in [2.05, 4.69) is 9.72 Å². The van der Waals surface area contributed by atoms with Crippen LogP contribution in [0.2, 0.25) is 0 Å². The Kier molecular flexibility index (Phi) is 4.62. The van der Waals surface area contributed by atoms with Crippen LogP contribution in [-0.4, -0.2) is 22.7 Å². The molecule has 17 heavy (non-hydrogen) atoms. The van der Waals surface area contributed by atoms with E-state index in [-0.39, 0.29) is 23.6 Å². The second-order valence-electron chi connectivity index (χ2n) is 3.04. The molecule has 0 fully saturated rings. The summed E-state index contributed by atoms with van der Waals surface area (Å²) in [6.45, 7) is 1.62. The van der Waals surface area contributed by atoms with Crippen molar-refractivity contribution in [2.24, 2.45) is 0 Å². The van der Waals surface area contributed by atoms with Gasteiger partial charge in [0.05, 0.1) is 18.7 Å². The third kappa shape index (κ3) is 2.82. The molecule has 0 radical (unpaired) electrons. The second-order valence-corrected chi connectivity index (χ2v) is 3.30. The molecule has 0 amide bonds. The van der Waals surface area contributed by atoms with Crippen LogP contribution in [-0.2, 0) is 10.6 Å². The van der Waals surface area contributed by atoms with Gasteiger partial charge in [0.2, 0.25) is 0 Å². The first-order valence-corrected chi connectivity index (χ1v) is 5.28. The summed E-state index contributed by atoms with van der Waals surface area (Å²) >= 11 is 5.51. The van der Waals surface area contributed by atoms with E-state index in [0.717, 1.165) is 6.20 Å². The number of pyridine rings is 1. The van der Waals surface area contributed by atoms with Gasteiger partial charge in [-0.3, -0.25) is 4.98 Å². The molecule has 0 aliphatic carbocycles. The topological polar surface area (TPSA) is 59.4 Å². The van der Waals surface area contributed by atoms with Crippen LogP contribution in [0.15, 0.2) is 6.20 Å². The van der Waals surface area contributed by atoms with Crippen LogP contribution in [0.25, 0.3) is 0 Å². The number of alkyl halides is 3. The smallest absolute Gasteiger partial charge is 0.342 e. The molecule has 1 rings (SSSR count). The van der Waals surface area contributed by atoms with Crippen molar-refractivity contribution in [1.29, 1.82) is 0 Å². The summed E-state index contributed by atoms with van der Waals surface area (Å²) < 4.78 is 29.9. The van der Waals surface area contributed by atoms with Gasteiger partial charge in [0.1, 0.15) is 17.0 Å². The number of ether oxygens (including phenoxy) is 1. The zero-order valence-corrected chi connectivity index (χ0v) is 9.67. The molecule has 0 atom stereocenters. The van der Waals surface area contributed by atoms with Crippen molar-refractivity contribution < 1.29 is 23.4 Å². The molecular formula is C10H10ClF2NO3. The maximum absolute atomic E-state index is 12.6. The van der Waals surface area contributed by atoms with Gasteiger partial charge in [0, 0.05) is 5.56 Å². The van der Waals surface area contributed by atoms with Crippen LogP contribution in [0, 0.1) is 0 Å². The van der Waals surface area contributed by atoms with Crippen molar-refractivity contribution in [2.45, 2.75) is 19.2 Å². The number of carbonyl (C=O) groups is 1. The van der Waals surface area contributed by atoms with Crippen LogP contribution in [0.3, 0.4) is 0 Å². The van der Waals surface area contributed by atoms with Gasteiger partial charge in [-0.25, -0.2) is 13.6 Å². The van der Waals surface area contributed by atoms with E-state index in [1.165, 1.54) is 0 Å². The minimum absolute atomic E-state index is 0.0618. The molecule has 0 bridgehead atoms. The van der Waals surface area contributed by atoms with Gasteiger partial charge >= 0.3 is 5.97 Å². The van der Waals surface area contributed by atoms with Crippen LogP contribution < -0.4 is 0 Å². The van der Waals surface area contributed by atoms with E-state index in [0.29, 0.717) is 0 Å². The van der Waals surface area contributed by atoms with Crippen LogP contribution >= 0.6 is 11.6 Å². The lowest BCUT2D eigenvalue weighted by Gasteiger charge is -2.12. The number of hydrogen-bond acceptors (Lipinski definition) is 4. The molecule has 1 aromatic rings. The number of halogens is 3. The highest BCUT2D eigenvalue weighted by Crippen LogP contribution is 2.30. The normalized spacial score (nSPS) is 10.6. The minimum Gasteiger partial charge on any atom is -0.505 e. The van der Waals surface area contributed by atoms with Crippen LogP contribution in [0.5, 0.6) is 5.75 Å². The molecule has 0 saturated heterocycles. The van der Waals surface area contributed by atoms with Gasteiger partial charge in [0.25, 0.3) is 6.43 Å². The molecule has 0 aliphatic rings. The van der Waals surface area contributed by atoms with Crippen molar-refractivity contribution >= 4 is 17.6 Å². The molecule has 94 valence electrons. The van der Waals surface area contributed by atoms with Gasteiger partial charge in [-0.1, -0.05) is 0 Å². The first kappa shape index (κ1) is 13.6. The first-order valence-electron chi connectivity index (χ1n) is 4.74. The predicted molar refractivity (Wildman–Crippen MR) is 56.4 cm³/mol. The van der Waals surface area contributed by atoms with E-state index >= 15 is 0 Å². The number of aromatic hydroxyl groups is 1. The lowest BCUT2D eigenvalue weighted by Crippen LogP contribution is -2.11. The first-order chi connectivity index (χ1) is 8.02. The van der Waals surface area contributed by atoms with Gasteiger partial charge in [-0.05, 0) is 6.92 Å². The van der Waals surface area contributed by atoms with Crippen molar-refractivity contribution in [2.75, 3.05) is 6.61 Å². The van der Waals surface area contributed by atoms with Gasteiger partial charge in [-0.2, -0.15) is 0 Å². The number of esters is 1. The highest BCUT2D eigenvalue weighted by Gasteiger charge is 2.25. The summed E-state index contributed by atoms with van der Waals surface area (Å²) in [4.78, 5) is 14.9. The number of carbonyl (C=O) groups excluding carboxylic acids is 1. The van der Waals surface area contributed by atoms with Crippen LogP contribution in [0.1, 0.15) is 35.0 Å². The fraction of sp³-hybridized carbons (Fsp3) is 0.400. The second kappa shape index (κ2) is 5.77. The minimum atomic E-state index is -2.88. The fourth-order valence-corrected chi connectivity index (χ4v) is 1.58. The quantitative estimate of drug-likeness (QED) is 0.672. The summed E-state index contributed by atoms with van der Waals surface area (Å²) in [5, 5.41) is 9.46. The molecule has 1 N–H and O–H groups in total. The van der Waals surface area contributed by atoms with Gasteiger partial charge in [-0.15, -0.1) is 11.6 Å². The van der Waals surface area contributed by atoms with E-state index in [1.54, 1.807) is 6.92 Å². The molecule has 1 aromatic heterocycles. The molecule has 0 spiro atoms. The number of nitrogens with zero attached hydrogens (tertiary/aromatic N) is 1. The zero-order chi connectivity index (χ0) is 13.0. The highest BCUT2D eigenvalue weighted by atomic mass is 35.5. The molecule has 1 heterocycles. The van der Waals surface area contributed by atoms with Crippen LogP contribution in [0.4, 0.5) is 8.78 Å². The fourth-order valence-electron chi connectivity index (χ4n) is 1.31. The van der Waals surface area contributed by atoms with Crippen molar-refractivity contribution in [1.82, 2.24) is 4.98 Å². The average molecular weight is 266 g/mol. The van der Waals surface area contributed by atoms with E-state index in [4.69, 9.17) is 11.6 Å². The molecule has 7 heteroatoms. The van der Waals surface area contributed by atoms with Gasteiger partial charge in [0.15, 0.2) is 0 Å². The Morgan fingerprint density at radius 2 is 2.29 bits per heavy atom. The number of rotatable bonds is 4. The summed E-state index contributed by atoms with van der Waals surface area (Å²) in [5.41, 5.74) is -1.19. The number of hydrogen-bond donors (Lipinski definition) is 1. The Labute approximate surface area is 101 Å². The summed E-state index contributed by atoms with van der Waals surface area (Å²) in [6.07, 6.45) is -2.10. The lowest BCUT2D eigenvalue weighted by molar-refractivity contribution is 0.0521. The van der Waals surface area contributed by atoms with E-state index in [1.807, 2.05) is 0 Å². The maximum atomic E-state index is 12.6. The summed E-state index contributed by atoms with van der Waals surface area (Å²) in [6, 6.07) is 0. The summed E-state index contributed by atoms with van der Waals surface area (Å²) in [5.74, 6) is -1.79. The monoisotopic (exact) mass is 265 g/mol. The van der Waals surface area contributed by atoms with Gasteiger partial charge < -0.3 is 9.84 Å². The van der Waals surface area contributed by atoms with Crippen molar-refractivity contribution in [3.8, 4) is 5.75 Å². The molecule has 0 unspecified atom stereocenters. The Morgan fingerprint density at radius 3 is 2.76 bits per heavy atom. The third-order valence-corrected chi connectivity index (χ3v) is 2.28. The van der Waals surface area contributed by atoms with E-state index < -0.39 is 23.8 Å². The average Bonchev–Trinajstić information content (AvgIpc) is 2.28. The Morgan fingerprint density at radius 1 is 1.65 bits per heavy atom. The summed E-state index contributed by atoms with van der Waals surface area (Å²) in [7, 11) is 0. The number of aromatic nitrogens is 1. The predicted octanol–water partition coefficient (Wildman–Crippen LogP) is 2.64. The lowest BCUT2D eigenvalue weighted by atomic mass is 10.1. The Hall–Kier alpha value is -1.43. The maximum Gasteiger partial charge on any atom is 0.342 e. The SMILES string of the molecule is CCOC(=O)c1c(O)cnc(C(F)F)c1CCl. The van der Waals surface area contributed by atoms with Crippen molar-refractivity contribution in [3.63, 3.8) is 0 Å². The zero-order valence-electron chi connectivity index (χ0n) is 8.91. The Balaban J connectivity index is 3.35. The molecule has 0 aliphatic heterocycles. The molecule has 0 saturated carbocycles. The molecular weight excluding hydrogens is 256 g/mol. The van der Waals surface area contributed by atoms with E-state index in [9.17, 15) is 18.7 Å². The van der Waals surface area contributed by atoms with Crippen molar-refractivity contribution in [3.05, 3.63) is 23.0 Å². The third-order valence-electron chi connectivity index (χ3n) is 2.01. The molecule has 4 nitrogen and oxygen atoms in total. The standard InChI is InChI=1S/C10H10ClF2NO3/c1-2-17-10(16)7-5(3-11)8(9(12)13)14-4-6(7)15/h4,9,15H,2-3H2,1H3. The molecule has 0 aromatic carbocycles. The Bertz CT molecular complexity index is 426. The highest BCUT2D eigenvalue weighted by molar-refractivity contribution is 6.18.